The molecule has 5 aliphatic rings. The normalized spacial score (nSPS) is 17.3. The van der Waals surface area contributed by atoms with E-state index >= 15 is 0 Å². The minimum absolute atomic E-state index is 0.0220. The van der Waals surface area contributed by atoms with E-state index in [0.717, 1.165) is 33.8 Å². The van der Waals surface area contributed by atoms with Gasteiger partial charge in [-0.15, -0.1) is 0 Å². The molecule has 1 N–H and O–H groups in total. The van der Waals surface area contributed by atoms with Gasteiger partial charge in [0.15, 0.2) is 5.89 Å². The summed E-state index contributed by atoms with van der Waals surface area (Å²) in [5.74, 6) is 2.75. The molecular formula is C33H33N3O5. The Kier molecular flexibility index (Phi) is 7.46. The minimum atomic E-state index is -0.346. The molecule has 5 aliphatic heterocycles. The van der Waals surface area contributed by atoms with E-state index in [1.165, 1.54) is 0 Å². The lowest BCUT2D eigenvalue weighted by Crippen LogP contribution is -2.40. The lowest BCUT2D eigenvalue weighted by molar-refractivity contribution is -0.121. The van der Waals surface area contributed by atoms with Crippen molar-refractivity contribution in [1.29, 1.82) is 0 Å². The largest absolute Gasteiger partial charge is 0.494 e. The van der Waals surface area contributed by atoms with Crippen molar-refractivity contribution in [3.05, 3.63) is 106 Å². The number of carbonyl (C=O) groups is 2. The van der Waals surface area contributed by atoms with Crippen molar-refractivity contribution in [2.45, 2.75) is 45.6 Å². The number of ether oxygens (including phenoxy) is 2. The molecule has 1 unspecified atom stereocenters. The highest BCUT2D eigenvalue weighted by Crippen LogP contribution is 2.39. The molecule has 1 atom stereocenters. The molecule has 0 radical (unpaired) electrons. The van der Waals surface area contributed by atoms with Gasteiger partial charge < -0.3 is 24.1 Å². The van der Waals surface area contributed by atoms with Crippen molar-refractivity contribution in [3.63, 3.8) is 0 Å². The second-order valence-corrected chi connectivity index (χ2v) is 10.5. The molecule has 3 aromatic carbocycles. The molecule has 1 aromatic heterocycles. The second kappa shape index (κ2) is 11.5. The highest BCUT2D eigenvalue weighted by Gasteiger charge is 2.35. The number of oxazole rings is 1. The molecule has 0 spiro atoms. The maximum atomic E-state index is 13.9. The Balaban J connectivity index is 1.38. The molecule has 8 heteroatoms. The molecule has 0 saturated carbocycles. The van der Waals surface area contributed by atoms with Gasteiger partial charge in [0.05, 0.1) is 18.3 Å². The Hall–Kier alpha value is -4.59. The number of hydrogen-bond acceptors (Lipinski definition) is 6. The molecule has 0 fully saturated rings. The van der Waals surface area contributed by atoms with Gasteiger partial charge in [0.2, 0.25) is 11.7 Å². The van der Waals surface area contributed by atoms with Crippen LogP contribution in [0.5, 0.6) is 17.2 Å². The molecule has 9 rings (SSSR count). The zero-order valence-electron chi connectivity index (χ0n) is 23.3. The summed E-state index contributed by atoms with van der Waals surface area (Å²) < 4.78 is 18.0. The monoisotopic (exact) mass is 551 g/mol. The molecule has 4 aromatic rings. The summed E-state index contributed by atoms with van der Waals surface area (Å²) in [6.45, 7) is 5.07. The SMILES string of the molecule is Cc1nc(C)c(C(=O)N2CCc3cc4ccc3C2c2cccc(c2)OCCCNC(=O)CCc2ccc(cc2)O4)o1. The lowest BCUT2D eigenvalue weighted by Gasteiger charge is -2.37. The van der Waals surface area contributed by atoms with Crippen LogP contribution >= 0.6 is 0 Å². The molecule has 0 aliphatic carbocycles. The Morgan fingerprint density at radius 1 is 0.951 bits per heavy atom. The van der Waals surface area contributed by atoms with E-state index in [1.807, 2.05) is 59.5 Å². The molecule has 0 saturated heterocycles. The van der Waals surface area contributed by atoms with Crippen molar-refractivity contribution in [3.8, 4) is 17.2 Å². The second-order valence-electron chi connectivity index (χ2n) is 10.5. The van der Waals surface area contributed by atoms with Crippen LogP contribution in [0, 0.1) is 13.8 Å². The van der Waals surface area contributed by atoms with Crippen molar-refractivity contribution in [2.75, 3.05) is 19.7 Å². The highest BCUT2D eigenvalue weighted by molar-refractivity contribution is 5.93. The first kappa shape index (κ1) is 26.6. The Morgan fingerprint density at radius 2 is 1.78 bits per heavy atom. The quantitative estimate of drug-likeness (QED) is 0.326. The third-order valence-electron chi connectivity index (χ3n) is 7.59. The van der Waals surface area contributed by atoms with Gasteiger partial charge in [-0.3, -0.25) is 9.59 Å². The van der Waals surface area contributed by atoms with E-state index in [1.54, 1.807) is 13.8 Å². The van der Waals surface area contributed by atoms with Crippen LogP contribution in [0.4, 0.5) is 0 Å². The smallest absolute Gasteiger partial charge is 0.292 e. The third-order valence-corrected chi connectivity index (χ3v) is 7.59. The highest BCUT2D eigenvalue weighted by atomic mass is 16.5. The molecule has 6 heterocycles. The standard InChI is InChI=1S/C33H33N3O5/c1-21-32(40-22(2)35-21)33(38)36-17-15-24-19-28-12-13-29(24)31(36)25-5-3-6-27(20-25)39-18-4-16-34-30(37)14-9-23-7-10-26(41-28)11-8-23/h3,5-8,10-13,19-20,31H,4,9,14-18H2,1-2H3,(H,34,37). The van der Waals surface area contributed by atoms with Crippen LogP contribution in [-0.4, -0.2) is 41.4 Å². The summed E-state index contributed by atoms with van der Waals surface area (Å²) in [6.07, 6.45) is 2.46. The molecule has 8 bridgehead atoms. The first-order chi connectivity index (χ1) is 19.9. The summed E-state index contributed by atoms with van der Waals surface area (Å²) >= 11 is 0. The fraction of sp³-hybridized carbons (Fsp3) is 0.303. The van der Waals surface area contributed by atoms with Gasteiger partial charge >= 0.3 is 0 Å². The average molecular weight is 552 g/mol. The predicted octanol–water partition coefficient (Wildman–Crippen LogP) is 5.70. The number of aryl methyl sites for hydroxylation is 3. The van der Waals surface area contributed by atoms with Gasteiger partial charge in [0.25, 0.3) is 5.91 Å². The molecule has 8 nitrogen and oxygen atoms in total. The van der Waals surface area contributed by atoms with Gasteiger partial charge in [0.1, 0.15) is 17.2 Å². The Labute approximate surface area is 239 Å². The van der Waals surface area contributed by atoms with Gasteiger partial charge in [0, 0.05) is 26.4 Å². The first-order valence-electron chi connectivity index (χ1n) is 14.1. The zero-order valence-corrected chi connectivity index (χ0v) is 23.3. The number of nitrogens with zero attached hydrogens (tertiary/aromatic N) is 2. The van der Waals surface area contributed by atoms with Crippen LogP contribution in [0.15, 0.2) is 71.1 Å². The van der Waals surface area contributed by atoms with Crippen LogP contribution in [0.3, 0.4) is 0 Å². The number of nitrogens with one attached hydrogen (secondary N) is 1. The van der Waals surface area contributed by atoms with Gasteiger partial charge in [-0.2, -0.15) is 0 Å². The number of amides is 2. The van der Waals surface area contributed by atoms with Crippen LogP contribution in [0.25, 0.3) is 0 Å². The van der Waals surface area contributed by atoms with Crippen LogP contribution < -0.4 is 14.8 Å². The zero-order chi connectivity index (χ0) is 28.3. The lowest BCUT2D eigenvalue weighted by atomic mass is 9.87. The third kappa shape index (κ3) is 5.82. The summed E-state index contributed by atoms with van der Waals surface area (Å²) in [4.78, 5) is 32.4. The summed E-state index contributed by atoms with van der Waals surface area (Å²) in [5, 5.41) is 2.98. The number of carbonyl (C=O) groups excluding carboxylic acids is 2. The fourth-order valence-corrected chi connectivity index (χ4v) is 5.58. The maximum Gasteiger partial charge on any atom is 0.292 e. The van der Waals surface area contributed by atoms with E-state index < -0.39 is 0 Å². The van der Waals surface area contributed by atoms with Crippen LogP contribution in [0.2, 0.25) is 0 Å². The van der Waals surface area contributed by atoms with Crippen LogP contribution in [0.1, 0.15) is 63.3 Å². The number of aromatic nitrogens is 1. The van der Waals surface area contributed by atoms with Crippen molar-refractivity contribution < 1.29 is 23.5 Å². The van der Waals surface area contributed by atoms with Crippen molar-refractivity contribution >= 4 is 11.8 Å². The van der Waals surface area contributed by atoms with Gasteiger partial charge in [-0.25, -0.2) is 4.98 Å². The summed E-state index contributed by atoms with van der Waals surface area (Å²) in [7, 11) is 0. The first-order valence-corrected chi connectivity index (χ1v) is 14.1. The molecule has 41 heavy (non-hydrogen) atoms. The topological polar surface area (TPSA) is 93.9 Å². The van der Waals surface area contributed by atoms with E-state index in [9.17, 15) is 9.59 Å². The Bertz CT molecular complexity index is 1580. The number of hydrogen-bond donors (Lipinski definition) is 1. The number of rotatable bonds is 1. The molecule has 210 valence electrons. The van der Waals surface area contributed by atoms with E-state index in [0.29, 0.717) is 62.7 Å². The summed E-state index contributed by atoms with van der Waals surface area (Å²) in [5.41, 5.74) is 4.76. The van der Waals surface area contributed by atoms with Crippen molar-refractivity contribution in [1.82, 2.24) is 15.2 Å². The van der Waals surface area contributed by atoms with E-state index in [-0.39, 0.29) is 23.6 Å². The van der Waals surface area contributed by atoms with E-state index in [4.69, 9.17) is 13.9 Å². The summed E-state index contributed by atoms with van der Waals surface area (Å²) in [6, 6.07) is 21.5. The maximum absolute atomic E-state index is 13.9. The molecular weight excluding hydrogens is 518 g/mol. The van der Waals surface area contributed by atoms with Gasteiger partial charge in [-0.05, 0) is 84.8 Å². The van der Waals surface area contributed by atoms with Gasteiger partial charge in [-0.1, -0.05) is 30.3 Å². The Morgan fingerprint density at radius 3 is 2.59 bits per heavy atom. The average Bonchev–Trinajstić information content (AvgIpc) is 3.32. The van der Waals surface area contributed by atoms with Crippen molar-refractivity contribution in [2.24, 2.45) is 0 Å². The van der Waals surface area contributed by atoms with Crippen LogP contribution in [-0.2, 0) is 17.6 Å². The molecule has 2 amide bonds. The predicted molar refractivity (Wildman–Crippen MR) is 153 cm³/mol. The minimum Gasteiger partial charge on any atom is -0.494 e. The van der Waals surface area contributed by atoms with E-state index in [2.05, 4.69) is 22.4 Å². The fourth-order valence-electron chi connectivity index (χ4n) is 5.58. The number of benzene rings is 3.